The van der Waals surface area contributed by atoms with E-state index in [4.69, 9.17) is 4.74 Å². The Labute approximate surface area is 105 Å². The average molecular weight is 239 g/mol. The second-order valence-corrected chi connectivity index (χ2v) is 6.67. The zero-order valence-corrected chi connectivity index (χ0v) is 12.0. The number of ether oxygens (including phenoxy) is 1. The smallest absolute Gasteiger partial charge is 0.410 e. The lowest BCUT2D eigenvalue weighted by Crippen LogP contribution is -2.41. The minimum absolute atomic E-state index is 0.126. The number of rotatable bonds is 0. The molecule has 0 N–H and O–H groups in total. The van der Waals surface area contributed by atoms with Gasteiger partial charge >= 0.3 is 6.09 Å². The summed E-state index contributed by atoms with van der Waals surface area (Å²) in [5.74, 6) is 0. The third-order valence-electron chi connectivity index (χ3n) is 2.77. The van der Waals surface area contributed by atoms with Crippen LogP contribution in [0.15, 0.2) is 11.6 Å². The molecular formula is C14H25NO2. The zero-order valence-electron chi connectivity index (χ0n) is 12.0. The van der Waals surface area contributed by atoms with Crippen LogP contribution in [0.2, 0.25) is 0 Å². The van der Waals surface area contributed by atoms with E-state index in [2.05, 4.69) is 26.8 Å². The van der Waals surface area contributed by atoms with Crippen molar-refractivity contribution in [3.05, 3.63) is 11.6 Å². The third kappa shape index (κ3) is 4.41. The Morgan fingerprint density at radius 1 is 1.24 bits per heavy atom. The summed E-state index contributed by atoms with van der Waals surface area (Å²) in [5.41, 5.74) is 1.02. The Balaban J connectivity index is 2.65. The van der Waals surface area contributed by atoms with Gasteiger partial charge in [0.25, 0.3) is 0 Å². The molecule has 0 radical (unpaired) electrons. The number of hydrogen-bond donors (Lipinski definition) is 0. The van der Waals surface area contributed by atoms with E-state index in [9.17, 15) is 4.79 Å². The summed E-state index contributed by atoms with van der Waals surface area (Å²) in [6.45, 7) is 13.7. The number of amides is 1. The molecule has 1 rings (SSSR count). The van der Waals surface area contributed by atoms with Gasteiger partial charge in [-0.2, -0.15) is 0 Å². The maximum atomic E-state index is 12.0. The van der Waals surface area contributed by atoms with Gasteiger partial charge in [0, 0.05) is 13.1 Å². The van der Waals surface area contributed by atoms with E-state index in [-0.39, 0.29) is 11.5 Å². The molecule has 3 nitrogen and oxygen atoms in total. The van der Waals surface area contributed by atoms with Gasteiger partial charge in [-0.3, -0.25) is 0 Å². The lowest BCUT2D eigenvalue weighted by molar-refractivity contribution is 0.0254. The van der Waals surface area contributed by atoms with E-state index in [0.717, 1.165) is 13.0 Å². The highest BCUT2D eigenvalue weighted by Crippen LogP contribution is 2.29. The Morgan fingerprint density at radius 3 is 2.29 bits per heavy atom. The van der Waals surface area contributed by atoms with Gasteiger partial charge in [-0.25, -0.2) is 4.79 Å². The summed E-state index contributed by atoms with van der Waals surface area (Å²) >= 11 is 0. The molecule has 1 heterocycles. The normalized spacial score (nSPS) is 17.8. The van der Waals surface area contributed by atoms with Gasteiger partial charge in [0.05, 0.1) is 0 Å². The maximum absolute atomic E-state index is 12.0. The molecule has 1 aliphatic heterocycles. The molecular weight excluding hydrogens is 214 g/mol. The summed E-state index contributed by atoms with van der Waals surface area (Å²) in [4.78, 5) is 13.8. The minimum atomic E-state index is -0.417. The van der Waals surface area contributed by atoms with E-state index < -0.39 is 5.60 Å². The molecule has 0 saturated heterocycles. The van der Waals surface area contributed by atoms with Crippen molar-refractivity contribution in [2.45, 2.75) is 53.6 Å². The Kier molecular flexibility index (Phi) is 3.90. The predicted molar refractivity (Wildman–Crippen MR) is 70.0 cm³/mol. The molecule has 1 aliphatic rings. The second kappa shape index (κ2) is 4.71. The van der Waals surface area contributed by atoms with Crippen LogP contribution in [0.4, 0.5) is 4.79 Å². The van der Waals surface area contributed by atoms with Crippen molar-refractivity contribution < 1.29 is 9.53 Å². The van der Waals surface area contributed by atoms with Gasteiger partial charge in [0.15, 0.2) is 0 Å². The monoisotopic (exact) mass is 239 g/mol. The molecule has 0 bridgehead atoms. The molecule has 3 heteroatoms. The summed E-state index contributed by atoms with van der Waals surface area (Å²) in [5, 5.41) is 0. The largest absolute Gasteiger partial charge is 0.444 e. The third-order valence-corrected chi connectivity index (χ3v) is 2.77. The van der Waals surface area contributed by atoms with Crippen LogP contribution in [0.3, 0.4) is 0 Å². The number of nitrogens with zero attached hydrogens (tertiary/aromatic N) is 1. The molecule has 0 fully saturated rings. The van der Waals surface area contributed by atoms with Crippen LogP contribution in [-0.4, -0.2) is 29.7 Å². The summed E-state index contributed by atoms with van der Waals surface area (Å²) in [6.07, 6.45) is 2.97. The van der Waals surface area contributed by atoms with Crippen molar-refractivity contribution in [1.29, 1.82) is 0 Å². The van der Waals surface area contributed by atoms with Gasteiger partial charge in [0.1, 0.15) is 5.60 Å². The Bertz CT molecular complexity index is 318. The van der Waals surface area contributed by atoms with Crippen LogP contribution >= 0.6 is 0 Å². The highest BCUT2D eigenvalue weighted by Gasteiger charge is 2.27. The summed E-state index contributed by atoms with van der Waals surface area (Å²) in [6, 6.07) is 0. The van der Waals surface area contributed by atoms with Crippen molar-refractivity contribution in [3.63, 3.8) is 0 Å². The minimum Gasteiger partial charge on any atom is -0.444 e. The first-order chi connectivity index (χ1) is 7.59. The lowest BCUT2D eigenvalue weighted by Gasteiger charge is -2.34. The van der Waals surface area contributed by atoms with Crippen molar-refractivity contribution in [3.8, 4) is 0 Å². The highest BCUT2D eigenvalue weighted by atomic mass is 16.6. The fourth-order valence-corrected chi connectivity index (χ4v) is 1.77. The first kappa shape index (κ1) is 14.1. The molecule has 0 aromatic heterocycles. The highest BCUT2D eigenvalue weighted by molar-refractivity contribution is 5.68. The SMILES string of the molecule is CC(C)(C)OC(=O)N1CCC=C(C(C)(C)C)C1. The first-order valence-corrected chi connectivity index (χ1v) is 6.27. The van der Waals surface area contributed by atoms with Crippen LogP contribution in [0.25, 0.3) is 0 Å². The van der Waals surface area contributed by atoms with Crippen LogP contribution in [0.5, 0.6) is 0 Å². The molecule has 0 spiro atoms. The average Bonchev–Trinajstić information content (AvgIpc) is 2.14. The van der Waals surface area contributed by atoms with Crippen molar-refractivity contribution >= 4 is 6.09 Å². The fourth-order valence-electron chi connectivity index (χ4n) is 1.77. The predicted octanol–water partition coefficient (Wildman–Crippen LogP) is 3.60. The maximum Gasteiger partial charge on any atom is 0.410 e. The van der Waals surface area contributed by atoms with Crippen LogP contribution in [0, 0.1) is 5.41 Å². The lowest BCUT2D eigenvalue weighted by atomic mass is 9.84. The summed E-state index contributed by atoms with van der Waals surface area (Å²) < 4.78 is 5.40. The van der Waals surface area contributed by atoms with Gasteiger partial charge in [-0.05, 0) is 38.2 Å². The van der Waals surface area contributed by atoms with E-state index in [1.807, 2.05) is 20.8 Å². The number of carbonyl (C=O) groups excluding carboxylic acids is 1. The molecule has 0 atom stereocenters. The molecule has 1 amide bonds. The Morgan fingerprint density at radius 2 is 1.82 bits per heavy atom. The molecule has 0 unspecified atom stereocenters. The van der Waals surface area contributed by atoms with E-state index in [1.165, 1.54) is 5.57 Å². The number of hydrogen-bond acceptors (Lipinski definition) is 2. The van der Waals surface area contributed by atoms with Crippen molar-refractivity contribution in [2.75, 3.05) is 13.1 Å². The molecule has 0 aliphatic carbocycles. The standard InChI is InChI=1S/C14H25NO2/c1-13(2,3)11-8-7-9-15(10-11)12(16)17-14(4,5)6/h8H,7,9-10H2,1-6H3. The Hall–Kier alpha value is -0.990. The molecule has 98 valence electrons. The quantitative estimate of drug-likeness (QED) is 0.604. The van der Waals surface area contributed by atoms with E-state index in [1.54, 1.807) is 4.90 Å². The second-order valence-electron chi connectivity index (χ2n) is 6.67. The van der Waals surface area contributed by atoms with Crippen molar-refractivity contribution in [1.82, 2.24) is 4.90 Å². The van der Waals surface area contributed by atoms with Crippen LogP contribution in [-0.2, 0) is 4.74 Å². The van der Waals surface area contributed by atoms with Crippen LogP contribution in [0.1, 0.15) is 48.0 Å². The zero-order chi connectivity index (χ0) is 13.3. The van der Waals surface area contributed by atoms with Gasteiger partial charge in [-0.15, -0.1) is 0 Å². The van der Waals surface area contributed by atoms with Gasteiger partial charge in [-0.1, -0.05) is 26.8 Å². The molecule has 17 heavy (non-hydrogen) atoms. The first-order valence-electron chi connectivity index (χ1n) is 6.27. The molecule has 0 saturated carbocycles. The van der Waals surface area contributed by atoms with E-state index >= 15 is 0 Å². The molecule has 0 aromatic rings. The van der Waals surface area contributed by atoms with Crippen LogP contribution < -0.4 is 0 Å². The van der Waals surface area contributed by atoms with Gasteiger partial charge in [0.2, 0.25) is 0 Å². The fraction of sp³-hybridized carbons (Fsp3) is 0.786. The van der Waals surface area contributed by atoms with Crippen molar-refractivity contribution in [2.24, 2.45) is 5.41 Å². The van der Waals surface area contributed by atoms with E-state index in [0.29, 0.717) is 6.54 Å². The topological polar surface area (TPSA) is 29.5 Å². The molecule has 0 aromatic carbocycles. The summed E-state index contributed by atoms with van der Waals surface area (Å²) in [7, 11) is 0. The van der Waals surface area contributed by atoms with Gasteiger partial charge < -0.3 is 9.64 Å². The number of carbonyl (C=O) groups is 1.